The third-order valence-corrected chi connectivity index (χ3v) is 2.13. The van der Waals surface area contributed by atoms with Crippen LogP contribution in [-0.4, -0.2) is 0 Å². The van der Waals surface area contributed by atoms with Crippen LogP contribution in [0.15, 0.2) is 12.3 Å². The minimum absolute atomic E-state index is 0.638. The molecule has 1 aliphatic carbocycles. The molecular formula is C10H21N. The van der Waals surface area contributed by atoms with Crippen LogP contribution in [0.2, 0.25) is 0 Å². The number of hydrogen-bond acceptors (Lipinski definition) is 1. The first-order valence-electron chi connectivity index (χ1n) is 4.75. The van der Waals surface area contributed by atoms with Gasteiger partial charge in [0.2, 0.25) is 0 Å². The maximum Gasteiger partial charge on any atom is 0.00390 e. The molecule has 0 heterocycles. The second kappa shape index (κ2) is 6.26. The molecule has 0 radical (unpaired) electrons. The first-order chi connectivity index (χ1) is 5.30. The third kappa shape index (κ3) is 4.07. The molecule has 0 amide bonds. The maximum atomic E-state index is 5.57. The van der Waals surface area contributed by atoms with Gasteiger partial charge in [0.25, 0.3) is 0 Å². The number of nitrogens with two attached hydrogens (primary N) is 1. The van der Waals surface area contributed by atoms with Crippen molar-refractivity contribution in [1.29, 1.82) is 0 Å². The van der Waals surface area contributed by atoms with Crippen LogP contribution in [0.5, 0.6) is 0 Å². The lowest BCUT2D eigenvalue weighted by Crippen LogP contribution is -2.13. The van der Waals surface area contributed by atoms with E-state index in [4.69, 9.17) is 5.73 Å². The molecule has 0 saturated heterocycles. The van der Waals surface area contributed by atoms with E-state index in [9.17, 15) is 0 Å². The summed E-state index contributed by atoms with van der Waals surface area (Å²) in [6.45, 7) is 7.76. The zero-order valence-electron chi connectivity index (χ0n) is 7.90. The normalized spacial score (nSPS) is 18.4. The van der Waals surface area contributed by atoms with Crippen LogP contribution in [0.1, 0.15) is 46.0 Å². The van der Waals surface area contributed by atoms with Gasteiger partial charge in [-0.15, -0.1) is 0 Å². The van der Waals surface area contributed by atoms with E-state index in [-0.39, 0.29) is 0 Å². The van der Waals surface area contributed by atoms with E-state index < -0.39 is 0 Å². The summed E-state index contributed by atoms with van der Waals surface area (Å²) in [7, 11) is 0. The molecule has 0 aliphatic heterocycles. The first kappa shape index (κ1) is 10.5. The lowest BCUT2D eigenvalue weighted by atomic mass is 9.88. The molecule has 66 valence electrons. The Bertz CT molecular complexity index is 101. The van der Waals surface area contributed by atoms with Gasteiger partial charge in [0.05, 0.1) is 0 Å². The Labute approximate surface area is 70.7 Å². The summed E-state index contributed by atoms with van der Waals surface area (Å²) in [5.41, 5.74) is 6.47. The molecule has 1 heteroatoms. The summed E-state index contributed by atoms with van der Waals surface area (Å²) < 4.78 is 0. The van der Waals surface area contributed by atoms with Crippen LogP contribution in [0.3, 0.4) is 0 Å². The third-order valence-electron chi connectivity index (χ3n) is 2.13. The Hall–Kier alpha value is -0.460. The quantitative estimate of drug-likeness (QED) is 0.618. The minimum atomic E-state index is 0.638. The van der Waals surface area contributed by atoms with Gasteiger partial charge in [-0.1, -0.05) is 39.7 Å². The average Bonchev–Trinajstić information content (AvgIpc) is 2.10. The summed E-state index contributed by atoms with van der Waals surface area (Å²) in [6.07, 6.45) is 6.64. The fraction of sp³-hybridized carbons (Fsp3) is 0.800. The standard InChI is InChI=1S/C8H15N.C2H6/c1-7(9)8-5-3-2-4-6-8;1-2/h8H,1-6,9H2;1-2H3. The monoisotopic (exact) mass is 155 g/mol. The Morgan fingerprint density at radius 1 is 1.18 bits per heavy atom. The summed E-state index contributed by atoms with van der Waals surface area (Å²) in [6, 6.07) is 0. The molecule has 0 aromatic carbocycles. The molecule has 0 aromatic heterocycles. The van der Waals surface area contributed by atoms with E-state index in [1.54, 1.807) is 0 Å². The molecule has 1 fully saturated rings. The van der Waals surface area contributed by atoms with Gasteiger partial charge in [-0.25, -0.2) is 0 Å². The smallest absolute Gasteiger partial charge is 0.00390 e. The number of allylic oxidation sites excluding steroid dienone is 1. The van der Waals surface area contributed by atoms with Gasteiger partial charge in [-0.3, -0.25) is 0 Å². The van der Waals surface area contributed by atoms with Gasteiger partial charge < -0.3 is 5.73 Å². The zero-order chi connectivity index (χ0) is 8.69. The van der Waals surface area contributed by atoms with Crippen molar-refractivity contribution in [3.05, 3.63) is 12.3 Å². The Balaban J connectivity index is 0.000000461. The van der Waals surface area contributed by atoms with Crippen molar-refractivity contribution in [1.82, 2.24) is 0 Å². The van der Waals surface area contributed by atoms with E-state index in [2.05, 4.69) is 6.58 Å². The van der Waals surface area contributed by atoms with E-state index in [0.717, 1.165) is 5.70 Å². The summed E-state index contributed by atoms with van der Waals surface area (Å²) >= 11 is 0. The molecule has 1 aliphatic rings. The number of rotatable bonds is 1. The molecule has 1 rings (SSSR count). The molecule has 11 heavy (non-hydrogen) atoms. The predicted octanol–water partition coefficient (Wildman–Crippen LogP) is 3.07. The summed E-state index contributed by atoms with van der Waals surface area (Å²) in [5.74, 6) is 0.638. The van der Waals surface area contributed by atoms with Gasteiger partial charge in [0, 0.05) is 5.70 Å². The average molecular weight is 155 g/mol. The molecule has 0 unspecified atom stereocenters. The molecule has 1 nitrogen and oxygen atoms in total. The zero-order valence-corrected chi connectivity index (χ0v) is 7.90. The van der Waals surface area contributed by atoms with Crippen molar-refractivity contribution in [2.45, 2.75) is 46.0 Å². The predicted molar refractivity (Wildman–Crippen MR) is 51.3 cm³/mol. The van der Waals surface area contributed by atoms with Crippen molar-refractivity contribution in [2.75, 3.05) is 0 Å². The molecule has 0 atom stereocenters. The highest BCUT2D eigenvalue weighted by Gasteiger charge is 2.13. The summed E-state index contributed by atoms with van der Waals surface area (Å²) in [5, 5.41) is 0. The van der Waals surface area contributed by atoms with Crippen LogP contribution in [0.25, 0.3) is 0 Å². The van der Waals surface area contributed by atoms with Crippen LogP contribution < -0.4 is 5.73 Å². The molecule has 0 bridgehead atoms. The van der Waals surface area contributed by atoms with Crippen molar-refractivity contribution in [3.63, 3.8) is 0 Å². The van der Waals surface area contributed by atoms with E-state index >= 15 is 0 Å². The summed E-state index contributed by atoms with van der Waals surface area (Å²) in [4.78, 5) is 0. The maximum absolute atomic E-state index is 5.57. The highest BCUT2D eigenvalue weighted by molar-refractivity contribution is 4.95. The second-order valence-corrected chi connectivity index (χ2v) is 2.91. The Morgan fingerprint density at radius 2 is 1.64 bits per heavy atom. The highest BCUT2D eigenvalue weighted by atomic mass is 14.6. The Morgan fingerprint density at radius 3 is 1.91 bits per heavy atom. The van der Waals surface area contributed by atoms with Gasteiger partial charge in [0.1, 0.15) is 0 Å². The van der Waals surface area contributed by atoms with Crippen LogP contribution in [0, 0.1) is 5.92 Å². The molecule has 1 saturated carbocycles. The lowest BCUT2D eigenvalue weighted by Gasteiger charge is -2.20. The second-order valence-electron chi connectivity index (χ2n) is 2.91. The fourth-order valence-corrected chi connectivity index (χ4v) is 1.47. The fourth-order valence-electron chi connectivity index (χ4n) is 1.47. The van der Waals surface area contributed by atoms with E-state index in [0.29, 0.717) is 5.92 Å². The van der Waals surface area contributed by atoms with Crippen LogP contribution >= 0.6 is 0 Å². The van der Waals surface area contributed by atoms with Crippen molar-refractivity contribution in [2.24, 2.45) is 11.7 Å². The topological polar surface area (TPSA) is 26.0 Å². The van der Waals surface area contributed by atoms with Gasteiger partial charge in [0.15, 0.2) is 0 Å². The molecule has 0 spiro atoms. The van der Waals surface area contributed by atoms with E-state index in [1.165, 1.54) is 32.1 Å². The van der Waals surface area contributed by atoms with Gasteiger partial charge >= 0.3 is 0 Å². The van der Waals surface area contributed by atoms with E-state index in [1.807, 2.05) is 13.8 Å². The molecular weight excluding hydrogens is 134 g/mol. The van der Waals surface area contributed by atoms with Gasteiger partial charge in [-0.05, 0) is 18.8 Å². The van der Waals surface area contributed by atoms with Crippen LogP contribution in [-0.2, 0) is 0 Å². The highest BCUT2D eigenvalue weighted by Crippen LogP contribution is 2.26. The first-order valence-corrected chi connectivity index (χ1v) is 4.75. The molecule has 2 N–H and O–H groups in total. The molecule has 0 aromatic rings. The minimum Gasteiger partial charge on any atom is -0.402 e. The van der Waals surface area contributed by atoms with Crippen molar-refractivity contribution >= 4 is 0 Å². The SMILES string of the molecule is C=C(N)C1CCCCC1.CC. The Kier molecular flexibility index (Phi) is 6.00. The number of hydrogen-bond donors (Lipinski definition) is 1. The van der Waals surface area contributed by atoms with Crippen molar-refractivity contribution in [3.8, 4) is 0 Å². The van der Waals surface area contributed by atoms with Gasteiger partial charge in [-0.2, -0.15) is 0 Å². The van der Waals surface area contributed by atoms with Crippen LogP contribution in [0.4, 0.5) is 0 Å². The lowest BCUT2D eigenvalue weighted by molar-refractivity contribution is 0.401. The largest absolute Gasteiger partial charge is 0.402 e. The van der Waals surface area contributed by atoms with Crippen molar-refractivity contribution < 1.29 is 0 Å².